The lowest BCUT2D eigenvalue weighted by molar-refractivity contribution is -0.147. The second kappa shape index (κ2) is 9.32. The van der Waals surface area contributed by atoms with Gasteiger partial charge in [0.05, 0.1) is 17.6 Å². The number of hydrogen-bond acceptors (Lipinski definition) is 5. The first-order valence-electron chi connectivity index (χ1n) is 10.8. The van der Waals surface area contributed by atoms with E-state index in [0.29, 0.717) is 25.1 Å². The van der Waals surface area contributed by atoms with Crippen LogP contribution in [0.1, 0.15) is 55.4 Å². The Morgan fingerprint density at radius 1 is 1.03 bits per heavy atom. The summed E-state index contributed by atoms with van der Waals surface area (Å²) >= 11 is 0. The molecule has 10 heteroatoms. The smallest absolute Gasteiger partial charge is 0.309 e. The van der Waals surface area contributed by atoms with E-state index in [9.17, 15) is 27.9 Å². The predicted molar refractivity (Wildman–Crippen MR) is 107 cm³/mol. The predicted octanol–water partition coefficient (Wildman–Crippen LogP) is 3.94. The number of nitrogens with zero attached hydrogens (tertiary/aromatic N) is 2. The van der Waals surface area contributed by atoms with E-state index < -0.39 is 47.0 Å². The van der Waals surface area contributed by atoms with Crippen LogP contribution in [-0.4, -0.2) is 45.8 Å². The largest absolute Gasteiger partial charge is 0.481 e. The first kappa shape index (κ1) is 22.3. The molecule has 2 fully saturated rings. The van der Waals surface area contributed by atoms with Gasteiger partial charge in [0.15, 0.2) is 11.5 Å². The number of likely N-dealkylation sites (tertiary alicyclic amines) is 1. The number of aliphatic carboxylic acids is 1. The zero-order valence-corrected chi connectivity index (χ0v) is 17.3. The highest BCUT2D eigenvalue weighted by Gasteiger charge is 2.40. The van der Waals surface area contributed by atoms with E-state index in [2.05, 4.69) is 15.4 Å². The first-order valence-corrected chi connectivity index (χ1v) is 10.8. The average molecular weight is 451 g/mol. The Morgan fingerprint density at radius 3 is 2.38 bits per heavy atom. The number of carbonyl (C=O) groups excluding carboxylic acids is 1. The summed E-state index contributed by atoms with van der Waals surface area (Å²) in [5, 5.41) is 16.1. The Bertz CT molecular complexity index is 983. The molecule has 1 saturated carbocycles. The SMILES string of the molecule is O=C(NC1[C@@H](C(=O)O)CCCN1C1CCCCC1)c1cc(-c2c(F)cc(F)cc2F)on1. The van der Waals surface area contributed by atoms with Gasteiger partial charge in [-0.15, -0.1) is 0 Å². The zero-order chi connectivity index (χ0) is 22.8. The Balaban J connectivity index is 1.56. The molecule has 0 spiro atoms. The molecule has 2 aromatic rings. The lowest BCUT2D eigenvalue weighted by Gasteiger charge is -2.45. The molecule has 2 atom stereocenters. The number of aromatic nitrogens is 1. The number of rotatable bonds is 5. The molecule has 1 aromatic heterocycles. The van der Waals surface area contributed by atoms with Crippen LogP contribution >= 0.6 is 0 Å². The van der Waals surface area contributed by atoms with Crippen molar-refractivity contribution in [2.24, 2.45) is 5.92 Å². The fourth-order valence-corrected chi connectivity index (χ4v) is 4.77. The Hall–Kier alpha value is -2.88. The topological polar surface area (TPSA) is 95.7 Å². The lowest BCUT2D eigenvalue weighted by Crippen LogP contribution is -2.60. The van der Waals surface area contributed by atoms with Crippen LogP contribution in [0.15, 0.2) is 22.7 Å². The van der Waals surface area contributed by atoms with Crippen LogP contribution in [0.2, 0.25) is 0 Å². The van der Waals surface area contributed by atoms with E-state index >= 15 is 0 Å². The van der Waals surface area contributed by atoms with Crippen LogP contribution in [0.4, 0.5) is 13.2 Å². The molecule has 1 unspecified atom stereocenters. The number of hydrogen-bond donors (Lipinski definition) is 2. The minimum atomic E-state index is -1.19. The number of amides is 1. The molecule has 1 aliphatic carbocycles. The highest BCUT2D eigenvalue weighted by Crippen LogP contribution is 2.31. The summed E-state index contributed by atoms with van der Waals surface area (Å²) in [7, 11) is 0. The van der Waals surface area contributed by atoms with Crippen molar-refractivity contribution < 1.29 is 32.4 Å². The van der Waals surface area contributed by atoms with Crippen molar-refractivity contribution in [3.63, 3.8) is 0 Å². The van der Waals surface area contributed by atoms with Gasteiger partial charge in [-0.05, 0) is 25.7 Å². The molecule has 1 aliphatic heterocycles. The van der Waals surface area contributed by atoms with Crippen molar-refractivity contribution >= 4 is 11.9 Å². The molecule has 2 N–H and O–H groups in total. The van der Waals surface area contributed by atoms with Crippen molar-refractivity contribution in [3.8, 4) is 11.3 Å². The summed E-state index contributed by atoms with van der Waals surface area (Å²) in [5.41, 5.74) is -0.885. The van der Waals surface area contributed by atoms with Crippen LogP contribution in [-0.2, 0) is 4.79 Å². The standard InChI is InChI=1S/C22H24F3N3O4/c23-12-9-15(24)19(16(25)10-12)18-11-17(27-32-18)21(29)26-20-14(22(30)31)7-4-8-28(20)13-5-2-1-3-6-13/h9-11,13-14,20H,1-8H2,(H,26,29)(H,30,31)/t14-,20?/m0/s1. The van der Waals surface area contributed by atoms with Gasteiger partial charge in [-0.3, -0.25) is 14.5 Å². The van der Waals surface area contributed by atoms with E-state index in [0.717, 1.165) is 44.6 Å². The monoisotopic (exact) mass is 451 g/mol. The van der Waals surface area contributed by atoms with E-state index in [4.69, 9.17) is 4.52 Å². The second-order valence-electron chi connectivity index (χ2n) is 8.36. The Kier molecular flexibility index (Phi) is 6.50. The van der Waals surface area contributed by atoms with E-state index in [1.807, 2.05) is 0 Å². The van der Waals surface area contributed by atoms with Crippen LogP contribution in [0.3, 0.4) is 0 Å². The third kappa shape index (κ3) is 4.50. The third-order valence-electron chi connectivity index (χ3n) is 6.31. The number of nitrogens with one attached hydrogen (secondary N) is 1. The molecule has 4 rings (SSSR count). The van der Waals surface area contributed by atoms with Crippen LogP contribution in [0.5, 0.6) is 0 Å². The summed E-state index contributed by atoms with van der Waals surface area (Å²) in [6.45, 7) is 0.676. The van der Waals surface area contributed by atoms with Crippen molar-refractivity contribution in [1.29, 1.82) is 0 Å². The number of piperidine rings is 1. The molecule has 1 aromatic carbocycles. The molecule has 0 radical (unpaired) electrons. The number of halogens is 3. The van der Waals surface area contributed by atoms with Gasteiger partial charge >= 0.3 is 5.97 Å². The molecule has 2 aliphatic rings. The van der Waals surface area contributed by atoms with Crippen LogP contribution in [0.25, 0.3) is 11.3 Å². The van der Waals surface area contributed by atoms with Crippen molar-refractivity contribution in [2.45, 2.75) is 57.2 Å². The third-order valence-corrected chi connectivity index (χ3v) is 6.31. The molecule has 7 nitrogen and oxygen atoms in total. The summed E-state index contributed by atoms with van der Waals surface area (Å²) < 4.78 is 46.2. The van der Waals surface area contributed by atoms with Gasteiger partial charge in [0.25, 0.3) is 5.91 Å². The molecule has 1 amide bonds. The molecule has 32 heavy (non-hydrogen) atoms. The van der Waals surface area contributed by atoms with E-state index in [-0.39, 0.29) is 17.5 Å². The maximum atomic E-state index is 14.0. The highest BCUT2D eigenvalue weighted by atomic mass is 19.1. The fraction of sp³-hybridized carbons (Fsp3) is 0.500. The Labute approximate surface area is 182 Å². The molecule has 1 saturated heterocycles. The van der Waals surface area contributed by atoms with Crippen molar-refractivity contribution in [2.75, 3.05) is 6.54 Å². The maximum absolute atomic E-state index is 14.0. The van der Waals surface area contributed by atoms with Gasteiger partial charge in [-0.1, -0.05) is 24.4 Å². The fourth-order valence-electron chi connectivity index (χ4n) is 4.77. The zero-order valence-electron chi connectivity index (χ0n) is 17.3. The molecule has 172 valence electrons. The minimum Gasteiger partial charge on any atom is -0.481 e. The number of benzene rings is 1. The van der Waals surface area contributed by atoms with E-state index in [1.54, 1.807) is 0 Å². The van der Waals surface area contributed by atoms with Gasteiger partial charge in [-0.2, -0.15) is 0 Å². The summed E-state index contributed by atoms with van der Waals surface area (Å²) in [6, 6.07) is 2.24. The molecule has 0 bridgehead atoms. The molecular formula is C22H24F3N3O4. The number of carbonyl (C=O) groups is 2. The normalized spacial score (nSPS) is 22.6. The second-order valence-corrected chi connectivity index (χ2v) is 8.36. The lowest BCUT2D eigenvalue weighted by atomic mass is 9.88. The quantitative estimate of drug-likeness (QED) is 0.715. The van der Waals surface area contributed by atoms with Gasteiger partial charge in [0, 0.05) is 30.8 Å². The molecule has 2 heterocycles. The number of carboxylic acids is 1. The summed E-state index contributed by atoms with van der Waals surface area (Å²) in [4.78, 5) is 26.8. The summed E-state index contributed by atoms with van der Waals surface area (Å²) in [5.74, 6) is -6.31. The van der Waals surface area contributed by atoms with Crippen LogP contribution < -0.4 is 5.32 Å². The number of carboxylic acid groups (broad SMARTS) is 1. The van der Waals surface area contributed by atoms with Crippen LogP contribution in [0, 0.1) is 23.4 Å². The average Bonchev–Trinajstić information content (AvgIpc) is 3.23. The maximum Gasteiger partial charge on any atom is 0.309 e. The van der Waals surface area contributed by atoms with Gasteiger partial charge < -0.3 is 14.9 Å². The van der Waals surface area contributed by atoms with Crippen molar-refractivity contribution in [1.82, 2.24) is 15.4 Å². The highest BCUT2D eigenvalue weighted by molar-refractivity contribution is 5.93. The molecular weight excluding hydrogens is 427 g/mol. The van der Waals surface area contributed by atoms with Gasteiger partial charge in [-0.25, -0.2) is 13.2 Å². The Morgan fingerprint density at radius 2 is 1.72 bits per heavy atom. The van der Waals surface area contributed by atoms with E-state index in [1.165, 1.54) is 0 Å². The van der Waals surface area contributed by atoms with Crippen molar-refractivity contribution in [3.05, 3.63) is 41.3 Å². The summed E-state index contributed by atoms with van der Waals surface area (Å²) in [6.07, 6.45) is 5.56. The van der Waals surface area contributed by atoms with Gasteiger partial charge in [0.1, 0.15) is 17.5 Å². The van der Waals surface area contributed by atoms with Gasteiger partial charge in [0.2, 0.25) is 0 Å². The first-order chi connectivity index (χ1) is 15.3. The minimum absolute atomic E-state index is 0.187.